The Bertz CT molecular complexity index is 434. The fourth-order valence-corrected chi connectivity index (χ4v) is 4.37. The zero-order valence-corrected chi connectivity index (χ0v) is 15.4. The van der Waals surface area contributed by atoms with Crippen LogP contribution in [0.1, 0.15) is 96.0 Å². The summed E-state index contributed by atoms with van der Waals surface area (Å²) in [5, 5.41) is 11.4. The first-order chi connectivity index (χ1) is 9.79. The van der Waals surface area contributed by atoms with Crippen LogP contribution in [0.3, 0.4) is 0 Å². The van der Waals surface area contributed by atoms with Crippen molar-refractivity contribution in [3.8, 4) is 0 Å². The van der Waals surface area contributed by atoms with Crippen LogP contribution < -0.4 is 0 Å². The van der Waals surface area contributed by atoms with Gasteiger partial charge in [0.15, 0.2) is 0 Å². The summed E-state index contributed by atoms with van der Waals surface area (Å²) in [6.45, 7) is 11.4. The largest absolute Gasteiger partial charge is 0.143 e. The predicted molar refractivity (Wildman–Crippen MR) is 92.1 cm³/mol. The number of hydrogen-bond donors (Lipinski definition) is 0. The van der Waals surface area contributed by atoms with Crippen LogP contribution in [0.25, 0.3) is 0 Å². The Morgan fingerprint density at radius 1 is 0.857 bits per heavy atom. The second kappa shape index (κ2) is 6.76. The lowest BCUT2D eigenvalue weighted by Crippen LogP contribution is -2.22. The van der Waals surface area contributed by atoms with E-state index in [0.29, 0.717) is 0 Å². The minimum absolute atomic E-state index is 0.117. The summed E-state index contributed by atoms with van der Waals surface area (Å²) in [4.78, 5) is 0. The van der Waals surface area contributed by atoms with Crippen molar-refractivity contribution in [2.45, 2.75) is 96.8 Å². The average Bonchev–Trinajstić information content (AvgIpc) is 2.82. The first kappa shape index (κ1) is 16.9. The monoisotopic (exact) mass is 308 g/mol. The van der Waals surface area contributed by atoms with Crippen LogP contribution >= 0.6 is 11.3 Å². The highest BCUT2D eigenvalue weighted by Crippen LogP contribution is 2.38. The quantitative estimate of drug-likeness (QED) is 0.698. The van der Waals surface area contributed by atoms with Crippen LogP contribution in [0.5, 0.6) is 0 Å². The molecule has 1 aliphatic carbocycles. The maximum atomic E-state index is 4.53. The van der Waals surface area contributed by atoms with Gasteiger partial charge in [-0.1, -0.05) is 79.6 Å². The number of rotatable bonds is 3. The van der Waals surface area contributed by atoms with E-state index in [1.807, 2.05) is 11.3 Å². The molecule has 0 spiro atoms. The standard InChI is InChI=1S/C18H32N2S/c1-17(2,3)15-19-20-16(21-15)18(4,5)13-14-11-9-7-6-8-10-12-14/h14H,6-13H2,1-5H3. The smallest absolute Gasteiger partial charge is 0.123 e. The molecule has 0 saturated heterocycles. The molecule has 0 atom stereocenters. The summed E-state index contributed by atoms with van der Waals surface area (Å²) >= 11 is 1.82. The van der Waals surface area contributed by atoms with E-state index in [1.165, 1.54) is 61.4 Å². The zero-order chi connectivity index (χ0) is 15.5. The molecular weight excluding hydrogens is 276 g/mol. The first-order valence-electron chi connectivity index (χ1n) is 8.63. The summed E-state index contributed by atoms with van der Waals surface area (Å²) < 4.78 is 0. The Labute approximate surface area is 134 Å². The van der Waals surface area contributed by atoms with Crippen LogP contribution in [0.15, 0.2) is 0 Å². The van der Waals surface area contributed by atoms with E-state index >= 15 is 0 Å². The van der Waals surface area contributed by atoms with Gasteiger partial charge in [0, 0.05) is 10.8 Å². The summed E-state index contributed by atoms with van der Waals surface area (Å²) in [5.41, 5.74) is 0.289. The number of hydrogen-bond acceptors (Lipinski definition) is 3. The van der Waals surface area contributed by atoms with Gasteiger partial charge in [-0.3, -0.25) is 0 Å². The fourth-order valence-electron chi connectivity index (χ4n) is 3.35. The minimum atomic E-state index is 0.117. The average molecular weight is 309 g/mol. The van der Waals surface area contributed by atoms with Crippen LogP contribution in [-0.2, 0) is 10.8 Å². The molecule has 0 aliphatic heterocycles. The van der Waals surface area contributed by atoms with Crippen LogP contribution in [-0.4, -0.2) is 10.2 Å². The maximum Gasteiger partial charge on any atom is 0.123 e. The van der Waals surface area contributed by atoms with Gasteiger partial charge in [0.2, 0.25) is 0 Å². The summed E-state index contributed by atoms with van der Waals surface area (Å²) in [6.07, 6.45) is 11.2. The first-order valence-corrected chi connectivity index (χ1v) is 9.45. The Morgan fingerprint density at radius 3 is 1.90 bits per heavy atom. The van der Waals surface area contributed by atoms with Crippen molar-refractivity contribution in [1.82, 2.24) is 10.2 Å². The molecule has 2 rings (SSSR count). The molecule has 0 radical (unpaired) electrons. The molecule has 1 heterocycles. The van der Waals surface area contributed by atoms with E-state index < -0.39 is 0 Å². The van der Waals surface area contributed by atoms with Crippen molar-refractivity contribution in [2.75, 3.05) is 0 Å². The number of aromatic nitrogens is 2. The second-order valence-electron chi connectivity index (χ2n) is 8.46. The topological polar surface area (TPSA) is 25.8 Å². The Morgan fingerprint density at radius 2 is 1.38 bits per heavy atom. The van der Waals surface area contributed by atoms with Crippen molar-refractivity contribution in [3.05, 3.63) is 10.0 Å². The van der Waals surface area contributed by atoms with Crippen molar-refractivity contribution in [1.29, 1.82) is 0 Å². The SMILES string of the molecule is CC(C)(C)c1nnc(C(C)(C)CC2CCCCCCC2)s1. The lowest BCUT2D eigenvalue weighted by molar-refractivity contribution is 0.294. The maximum absolute atomic E-state index is 4.53. The van der Waals surface area contributed by atoms with E-state index in [-0.39, 0.29) is 10.8 Å². The minimum Gasteiger partial charge on any atom is -0.143 e. The van der Waals surface area contributed by atoms with E-state index in [9.17, 15) is 0 Å². The van der Waals surface area contributed by atoms with Gasteiger partial charge in [0.05, 0.1) is 0 Å². The summed E-state index contributed by atoms with van der Waals surface area (Å²) in [5.74, 6) is 0.877. The highest BCUT2D eigenvalue weighted by atomic mass is 32.1. The molecule has 0 bridgehead atoms. The van der Waals surface area contributed by atoms with Crippen molar-refractivity contribution in [2.24, 2.45) is 5.92 Å². The molecule has 120 valence electrons. The molecule has 0 amide bonds. The second-order valence-corrected chi connectivity index (χ2v) is 9.44. The molecular formula is C18H32N2S. The van der Waals surface area contributed by atoms with E-state index in [2.05, 4.69) is 44.8 Å². The Hall–Kier alpha value is -0.440. The van der Waals surface area contributed by atoms with Gasteiger partial charge in [-0.05, 0) is 12.3 Å². The van der Waals surface area contributed by atoms with Gasteiger partial charge in [-0.15, -0.1) is 21.5 Å². The van der Waals surface area contributed by atoms with Gasteiger partial charge in [0.1, 0.15) is 10.0 Å². The van der Waals surface area contributed by atoms with Crippen LogP contribution in [0, 0.1) is 5.92 Å². The molecule has 1 aliphatic rings. The highest BCUT2D eigenvalue weighted by Gasteiger charge is 2.31. The van der Waals surface area contributed by atoms with Gasteiger partial charge in [-0.2, -0.15) is 0 Å². The van der Waals surface area contributed by atoms with Crippen LogP contribution in [0.4, 0.5) is 0 Å². The molecule has 1 fully saturated rings. The molecule has 2 nitrogen and oxygen atoms in total. The summed E-state index contributed by atoms with van der Waals surface area (Å²) in [6, 6.07) is 0. The van der Waals surface area contributed by atoms with E-state index in [0.717, 1.165) is 5.92 Å². The highest BCUT2D eigenvalue weighted by molar-refractivity contribution is 7.11. The Balaban J connectivity index is 2.04. The van der Waals surface area contributed by atoms with Gasteiger partial charge < -0.3 is 0 Å². The zero-order valence-electron chi connectivity index (χ0n) is 14.5. The molecule has 1 aromatic heterocycles. The van der Waals surface area contributed by atoms with E-state index in [4.69, 9.17) is 0 Å². The van der Waals surface area contributed by atoms with Crippen molar-refractivity contribution in [3.63, 3.8) is 0 Å². The molecule has 3 heteroatoms. The van der Waals surface area contributed by atoms with Crippen LogP contribution in [0.2, 0.25) is 0 Å². The van der Waals surface area contributed by atoms with Gasteiger partial charge in [0.25, 0.3) is 0 Å². The van der Waals surface area contributed by atoms with Crippen molar-refractivity contribution >= 4 is 11.3 Å². The van der Waals surface area contributed by atoms with E-state index in [1.54, 1.807) is 0 Å². The lowest BCUT2D eigenvalue weighted by atomic mass is 9.78. The van der Waals surface area contributed by atoms with Gasteiger partial charge >= 0.3 is 0 Å². The molecule has 1 aromatic rings. The molecule has 0 N–H and O–H groups in total. The predicted octanol–water partition coefficient (Wildman–Crippen LogP) is 5.86. The third-order valence-electron chi connectivity index (χ3n) is 4.67. The lowest BCUT2D eigenvalue weighted by Gasteiger charge is -2.29. The molecule has 21 heavy (non-hydrogen) atoms. The normalized spacial score (nSPS) is 19.3. The van der Waals surface area contributed by atoms with Crippen molar-refractivity contribution < 1.29 is 0 Å². The molecule has 0 aromatic carbocycles. The Kier molecular flexibility index (Phi) is 5.45. The molecule has 0 unspecified atom stereocenters. The third-order valence-corrected chi connectivity index (χ3v) is 6.38. The fraction of sp³-hybridized carbons (Fsp3) is 0.889. The molecule has 1 saturated carbocycles. The third kappa shape index (κ3) is 4.77. The number of nitrogens with zero attached hydrogens (tertiary/aromatic N) is 2. The van der Waals surface area contributed by atoms with Gasteiger partial charge in [-0.25, -0.2) is 0 Å². The summed E-state index contributed by atoms with van der Waals surface area (Å²) in [7, 11) is 0.